The highest BCUT2D eigenvalue weighted by Crippen LogP contribution is 2.17. The van der Waals surface area contributed by atoms with Gasteiger partial charge in [-0.3, -0.25) is 0 Å². The van der Waals surface area contributed by atoms with Gasteiger partial charge in [-0.15, -0.1) is 0 Å². The summed E-state index contributed by atoms with van der Waals surface area (Å²) in [5, 5.41) is 4.12. The molecule has 1 unspecified atom stereocenters. The van der Waals surface area contributed by atoms with Gasteiger partial charge in [0, 0.05) is 17.6 Å². The molecule has 3 heteroatoms. The van der Waals surface area contributed by atoms with Gasteiger partial charge >= 0.3 is 0 Å². The number of rotatable bonds is 4. The minimum atomic E-state index is -0.207. The molecule has 2 aromatic carbocycles. The quantitative estimate of drug-likeness (QED) is 0.866. The first-order chi connectivity index (χ1) is 8.65. The van der Waals surface area contributed by atoms with Crippen LogP contribution >= 0.6 is 11.6 Å². The molecule has 0 aliphatic carbocycles. The average molecular weight is 264 g/mol. The van der Waals surface area contributed by atoms with E-state index in [9.17, 15) is 4.39 Å². The predicted molar refractivity (Wildman–Crippen MR) is 73.1 cm³/mol. The Bertz CT molecular complexity index is 510. The van der Waals surface area contributed by atoms with Crippen molar-refractivity contribution in [2.45, 2.75) is 19.5 Å². The van der Waals surface area contributed by atoms with Gasteiger partial charge in [-0.1, -0.05) is 35.9 Å². The van der Waals surface area contributed by atoms with Gasteiger partial charge in [-0.2, -0.15) is 0 Å². The Morgan fingerprint density at radius 3 is 2.56 bits per heavy atom. The second kappa shape index (κ2) is 5.98. The second-order valence-electron chi connectivity index (χ2n) is 4.28. The number of hydrogen-bond acceptors (Lipinski definition) is 1. The van der Waals surface area contributed by atoms with Crippen LogP contribution in [0.1, 0.15) is 24.1 Å². The SMILES string of the molecule is CC(NCc1ccc(F)cc1)c1cccc(Cl)c1. The standard InChI is InChI=1S/C15H15ClFN/c1-11(13-3-2-4-14(16)9-13)18-10-12-5-7-15(17)8-6-12/h2-9,11,18H,10H2,1H3. The van der Waals surface area contributed by atoms with Crippen molar-refractivity contribution in [1.29, 1.82) is 0 Å². The smallest absolute Gasteiger partial charge is 0.123 e. The number of nitrogens with one attached hydrogen (secondary N) is 1. The highest BCUT2D eigenvalue weighted by molar-refractivity contribution is 6.30. The summed E-state index contributed by atoms with van der Waals surface area (Å²) in [5.74, 6) is -0.207. The van der Waals surface area contributed by atoms with E-state index in [1.165, 1.54) is 12.1 Å². The summed E-state index contributed by atoms with van der Waals surface area (Å²) in [6.07, 6.45) is 0. The van der Waals surface area contributed by atoms with E-state index in [-0.39, 0.29) is 11.9 Å². The van der Waals surface area contributed by atoms with Crippen molar-refractivity contribution in [2.75, 3.05) is 0 Å². The van der Waals surface area contributed by atoms with E-state index in [4.69, 9.17) is 11.6 Å². The summed E-state index contributed by atoms with van der Waals surface area (Å²) in [5.41, 5.74) is 2.20. The molecule has 0 aliphatic rings. The van der Waals surface area contributed by atoms with Crippen LogP contribution in [0.3, 0.4) is 0 Å². The Morgan fingerprint density at radius 2 is 1.89 bits per heavy atom. The largest absolute Gasteiger partial charge is 0.306 e. The summed E-state index contributed by atoms with van der Waals surface area (Å²) in [4.78, 5) is 0. The first-order valence-electron chi connectivity index (χ1n) is 5.88. The van der Waals surface area contributed by atoms with Crippen LogP contribution in [0.5, 0.6) is 0 Å². The molecule has 0 saturated carbocycles. The lowest BCUT2D eigenvalue weighted by Gasteiger charge is -2.14. The fourth-order valence-electron chi connectivity index (χ4n) is 1.77. The maximum atomic E-state index is 12.8. The summed E-state index contributed by atoms with van der Waals surface area (Å²) < 4.78 is 12.8. The lowest BCUT2D eigenvalue weighted by molar-refractivity contribution is 0.573. The monoisotopic (exact) mass is 263 g/mol. The molecule has 0 radical (unpaired) electrons. The Hall–Kier alpha value is -1.38. The van der Waals surface area contributed by atoms with E-state index in [2.05, 4.69) is 12.2 Å². The minimum Gasteiger partial charge on any atom is -0.306 e. The molecule has 0 aliphatic heterocycles. The minimum absolute atomic E-state index is 0.203. The third kappa shape index (κ3) is 3.56. The second-order valence-corrected chi connectivity index (χ2v) is 4.72. The summed E-state index contributed by atoms with van der Waals surface area (Å²) in [6.45, 7) is 2.78. The van der Waals surface area contributed by atoms with Crippen molar-refractivity contribution >= 4 is 11.6 Å². The molecule has 0 heterocycles. The van der Waals surface area contributed by atoms with Gasteiger partial charge in [-0.25, -0.2) is 4.39 Å². The van der Waals surface area contributed by atoms with Crippen molar-refractivity contribution in [3.05, 3.63) is 70.5 Å². The molecule has 18 heavy (non-hydrogen) atoms. The fraction of sp³-hybridized carbons (Fsp3) is 0.200. The van der Waals surface area contributed by atoms with Gasteiger partial charge in [0.05, 0.1) is 0 Å². The predicted octanol–water partition coefficient (Wildman–Crippen LogP) is 4.33. The van der Waals surface area contributed by atoms with Crippen LogP contribution in [0, 0.1) is 5.82 Å². The first kappa shape index (κ1) is 13.1. The summed E-state index contributed by atoms with van der Waals surface area (Å²) in [7, 11) is 0. The molecule has 2 aromatic rings. The number of benzene rings is 2. The van der Waals surface area contributed by atoms with Gasteiger partial charge in [0.15, 0.2) is 0 Å². The summed E-state index contributed by atoms with van der Waals surface area (Å²) >= 11 is 5.95. The lowest BCUT2D eigenvalue weighted by atomic mass is 10.1. The molecule has 0 aromatic heterocycles. The van der Waals surface area contributed by atoms with Crippen LogP contribution in [0.15, 0.2) is 48.5 Å². The van der Waals surface area contributed by atoms with E-state index < -0.39 is 0 Å². The molecule has 1 atom stereocenters. The maximum Gasteiger partial charge on any atom is 0.123 e. The van der Waals surface area contributed by atoms with E-state index in [0.717, 1.165) is 16.1 Å². The van der Waals surface area contributed by atoms with Crippen LogP contribution in [0.2, 0.25) is 5.02 Å². The van der Waals surface area contributed by atoms with Gasteiger partial charge in [0.2, 0.25) is 0 Å². The van der Waals surface area contributed by atoms with E-state index >= 15 is 0 Å². The van der Waals surface area contributed by atoms with Crippen LogP contribution in [-0.2, 0) is 6.54 Å². The molecule has 94 valence electrons. The van der Waals surface area contributed by atoms with E-state index in [1.54, 1.807) is 12.1 Å². The number of hydrogen-bond donors (Lipinski definition) is 1. The van der Waals surface area contributed by atoms with E-state index in [1.807, 2.05) is 24.3 Å². The maximum absolute atomic E-state index is 12.8. The highest BCUT2D eigenvalue weighted by atomic mass is 35.5. The van der Waals surface area contributed by atoms with Crippen LogP contribution < -0.4 is 5.32 Å². The van der Waals surface area contributed by atoms with Crippen molar-refractivity contribution in [3.63, 3.8) is 0 Å². The first-order valence-corrected chi connectivity index (χ1v) is 6.26. The molecule has 0 fully saturated rings. The van der Waals surface area contributed by atoms with Crippen molar-refractivity contribution in [1.82, 2.24) is 5.32 Å². The normalized spacial score (nSPS) is 12.4. The number of halogens is 2. The van der Waals surface area contributed by atoms with Crippen LogP contribution in [0.4, 0.5) is 4.39 Å². The van der Waals surface area contributed by atoms with Gasteiger partial charge in [0.1, 0.15) is 5.82 Å². The topological polar surface area (TPSA) is 12.0 Å². The third-order valence-electron chi connectivity index (χ3n) is 2.87. The Labute approximate surface area is 112 Å². The zero-order chi connectivity index (χ0) is 13.0. The van der Waals surface area contributed by atoms with Gasteiger partial charge in [0.25, 0.3) is 0 Å². The zero-order valence-electron chi connectivity index (χ0n) is 10.2. The lowest BCUT2D eigenvalue weighted by Crippen LogP contribution is -2.17. The molecular weight excluding hydrogens is 249 g/mol. The van der Waals surface area contributed by atoms with Gasteiger partial charge in [-0.05, 0) is 42.3 Å². The van der Waals surface area contributed by atoms with E-state index in [0.29, 0.717) is 6.54 Å². The zero-order valence-corrected chi connectivity index (χ0v) is 10.9. The Balaban J connectivity index is 1.96. The van der Waals surface area contributed by atoms with Crippen LogP contribution in [0.25, 0.3) is 0 Å². The molecule has 0 saturated heterocycles. The fourth-order valence-corrected chi connectivity index (χ4v) is 1.97. The Morgan fingerprint density at radius 1 is 1.17 bits per heavy atom. The Kier molecular flexibility index (Phi) is 4.34. The highest BCUT2D eigenvalue weighted by Gasteiger charge is 2.05. The van der Waals surface area contributed by atoms with Crippen LogP contribution in [-0.4, -0.2) is 0 Å². The summed E-state index contributed by atoms with van der Waals surface area (Å²) in [6, 6.07) is 14.5. The van der Waals surface area contributed by atoms with Crippen molar-refractivity contribution in [3.8, 4) is 0 Å². The molecular formula is C15H15ClFN. The molecule has 0 spiro atoms. The molecule has 0 amide bonds. The third-order valence-corrected chi connectivity index (χ3v) is 3.11. The average Bonchev–Trinajstić information content (AvgIpc) is 2.38. The van der Waals surface area contributed by atoms with Gasteiger partial charge < -0.3 is 5.32 Å². The molecule has 1 N–H and O–H groups in total. The molecule has 1 nitrogen and oxygen atoms in total. The molecule has 2 rings (SSSR count). The van der Waals surface area contributed by atoms with Crippen molar-refractivity contribution in [2.24, 2.45) is 0 Å². The van der Waals surface area contributed by atoms with Crippen molar-refractivity contribution < 1.29 is 4.39 Å². The molecule has 0 bridgehead atoms.